The van der Waals surface area contributed by atoms with E-state index in [9.17, 15) is 4.79 Å². The summed E-state index contributed by atoms with van der Waals surface area (Å²) in [6.45, 7) is 6.14. The zero-order valence-electron chi connectivity index (χ0n) is 19.7. The predicted octanol–water partition coefficient (Wildman–Crippen LogP) is 4.99. The number of carboxylic acids is 1. The van der Waals surface area contributed by atoms with Gasteiger partial charge in [0, 0.05) is 13.1 Å². The van der Waals surface area contributed by atoms with E-state index in [1.165, 1.54) is 6.92 Å². The molecule has 1 saturated heterocycles. The number of piperidine rings is 1. The van der Waals surface area contributed by atoms with Gasteiger partial charge in [0.15, 0.2) is 11.9 Å². The second-order valence-electron chi connectivity index (χ2n) is 8.75. The topological polar surface area (TPSA) is 84.8 Å². The first kappa shape index (κ1) is 23.5. The summed E-state index contributed by atoms with van der Waals surface area (Å²) >= 11 is 0. The Bertz CT molecular complexity index is 1100. The summed E-state index contributed by atoms with van der Waals surface area (Å²) < 4.78 is 11.6. The lowest BCUT2D eigenvalue weighted by atomic mass is 9.94. The number of carboxylic acid groups (broad SMARTS) is 1. The van der Waals surface area contributed by atoms with Gasteiger partial charge < -0.3 is 19.5 Å². The van der Waals surface area contributed by atoms with Gasteiger partial charge in [-0.3, -0.25) is 0 Å². The monoisotopic (exact) mass is 461 g/mol. The van der Waals surface area contributed by atoms with Crippen LogP contribution in [0.5, 0.6) is 11.5 Å². The SMILES string of the molecule is Cc1ccc(N2CCC(CCOc3cccc(-c4cccc(OC(C)C(=O)O)c4)c3)CC2)nn1. The van der Waals surface area contributed by atoms with E-state index in [2.05, 4.69) is 15.1 Å². The van der Waals surface area contributed by atoms with Gasteiger partial charge in [0.25, 0.3) is 0 Å². The number of benzene rings is 2. The maximum absolute atomic E-state index is 11.1. The number of nitrogens with zero attached hydrogens (tertiary/aromatic N) is 3. The van der Waals surface area contributed by atoms with Crippen molar-refractivity contribution >= 4 is 11.8 Å². The van der Waals surface area contributed by atoms with Crippen LogP contribution >= 0.6 is 0 Å². The van der Waals surface area contributed by atoms with Gasteiger partial charge >= 0.3 is 5.97 Å². The molecule has 0 amide bonds. The molecule has 1 aromatic heterocycles. The summed E-state index contributed by atoms with van der Waals surface area (Å²) in [5.41, 5.74) is 2.89. The summed E-state index contributed by atoms with van der Waals surface area (Å²) in [7, 11) is 0. The van der Waals surface area contributed by atoms with Gasteiger partial charge in [0.05, 0.1) is 12.3 Å². The number of ether oxygens (including phenoxy) is 2. The molecule has 7 heteroatoms. The van der Waals surface area contributed by atoms with E-state index in [1.54, 1.807) is 6.07 Å². The molecule has 0 saturated carbocycles. The van der Waals surface area contributed by atoms with Gasteiger partial charge in [0.1, 0.15) is 11.5 Å². The molecular formula is C27H31N3O4. The first-order valence-corrected chi connectivity index (χ1v) is 11.8. The van der Waals surface area contributed by atoms with Gasteiger partial charge in [-0.05, 0) is 86.6 Å². The summed E-state index contributed by atoms with van der Waals surface area (Å²) in [6.07, 6.45) is 2.37. The van der Waals surface area contributed by atoms with E-state index < -0.39 is 12.1 Å². The highest BCUT2D eigenvalue weighted by Gasteiger charge is 2.20. The van der Waals surface area contributed by atoms with E-state index in [4.69, 9.17) is 14.6 Å². The van der Waals surface area contributed by atoms with Gasteiger partial charge in [-0.25, -0.2) is 4.79 Å². The first-order chi connectivity index (χ1) is 16.5. The Morgan fingerprint density at radius 2 is 1.71 bits per heavy atom. The Hall–Kier alpha value is -3.61. The van der Waals surface area contributed by atoms with Crippen molar-refractivity contribution in [1.82, 2.24) is 10.2 Å². The number of anilines is 1. The molecule has 0 aliphatic carbocycles. The highest BCUT2D eigenvalue weighted by atomic mass is 16.5. The van der Waals surface area contributed by atoms with Crippen LogP contribution in [-0.4, -0.2) is 47.1 Å². The largest absolute Gasteiger partial charge is 0.494 e. The van der Waals surface area contributed by atoms with E-state index in [-0.39, 0.29) is 0 Å². The van der Waals surface area contributed by atoms with Crippen molar-refractivity contribution in [3.8, 4) is 22.6 Å². The van der Waals surface area contributed by atoms with Crippen LogP contribution in [-0.2, 0) is 4.79 Å². The molecule has 178 valence electrons. The molecule has 0 radical (unpaired) electrons. The fraction of sp³-hybridized carbons (Fsp3) is 0.370. The minimum absolute atomic E-state index is 0.529. The third kappa shape index (κ3) is 6.25. The van der Waals surface area contributed by atoms with Crippen LogP contribution in [0.25, 0.3) is 11.1 Å². The summed E-state index contributed by atoms with van der Waals surface area (Å²) in [6, 6.07) is 19.5. The number of hydrogen-bond acceptors (Lipinski definition) is 6. The fourth-order valence-corrected chi connectivity index (χ4v) is 4.12. The zero-order valence-corrected chi connectivity index (χ0v) is 19.7. The average Bonchev–Trinajstić information content (AvgIpc) is 2.85. The Balaban J connectivity index is 1.27. The second-order valence-corrected chi connectivity index (χ2v) is 8.75. The van der Waals surface area contributed by atoms with E-state index >= 15 is 0 Å². The van der Waals surface area contributed by atoms with E-state index in [1.807, 2.05) is 61.5 Å². The second kappa shape index (κ2) is 11.0. The quantitative estimate of drug-likeness (QED) is 0.480. The molecule has 0 spiro atoms. The summed E-state index contributed by atoms with van der Waals surface area (Å²) in [5, 5.41) is 17.5. The Morgan fingerprint density at radius 1 is 1.03 bits per heavy atom. The lowest BCUT2D eigenvalue weighted by Crippen LogP contribution is -2.34. The first-order valence-electron chi connectivity index (χ1n) is 11.8. The van der Waals surface area contributed by atoms with Crippen molar-refractivity contribution < 1.29 is 19.4 Å². The van der Waals surface area contributed by atoms with Crippen LogP contribution in [0.3, 0.4) is 0 Å². The van der Waals surface area contributed by atoms with Gasteiger partial charge in [-0.15, -0.1) is 5.10 Å². The standard InChI is InChI=1S/C27H31N3O4/c1-19-9-10-26(29-28-19)30-14-11-21(12-15-30)13-16-33-24-7-3-5-22(17-24)23-6-4-8-25(18-23)34-20(2)27(31)32/h3-10,17-18,20-21H,11-16H2,1-2H3,(H,31,32). The molecule has 1 aliphatic rings. The van der Waals surface area contributed by atoms with Gasteiger partial charge in [-0.1, -0.05) is 24.3 Å². The molecule has 1 N–H and O–H groups in total. The van der Waals surface area contributed by atoms with Crippen molar-refractivity contribution in [2.45, 2.75) is 39.2 Å². The summed E-state index contributed by atoms with van der Waals surface area (Å²) in [5.74, 6) is 1.97. The number of aliphatic carboxylic acids is 1. The molecule has 1 aliphatic heterocycles. The van der Waals surface area contributed by atoms with Crippen LogP contribution in [0, 0.1) is 12.8 Å². The predicted molar refractivity (Wildman–Crippen MR) is 131 cm³/mol. The maximum Gasteiger partial charge on any atom is 0.344 e. The fourth-order valence-electron chi connectivity index (χ4n) is 4.12. The molecular weight excluding hydrogens is 430 g/mol. The highest BCUT2D eigenvalue weighted by molar-refractivity contribution is 5.72. The summed E-state index contributed by atoms with van der Waals surface area (Å²) in [4.78, 5) is 13.4. The van der Waals surface area contributed by atoms with Crippen LogP contribution in [0.2, 0.25) is 0 Å². The smallest absolute Gasteiger partial charge is 0.344 e. The van der Waals surface area contributed by atoms with Crippen molar-refractivity contribution in [3.63, 3.8) is 0 Å². The Morgan fingerprint density at radius 3 is 2.35 bits per heavy atom. The number of carbonyl (C=O) groups is 1. The lowest BCUT2D eigenvalue weighted by Gasteiger charge is -2.32. The average molecular weight is 462 g/mol. The van der Waals surface area contributed by atoms with Crippen molar-refractivity contribution in [1.29, 1.82) is 0 Å². The highest BCUT2D eigenvalue weighted by Crippen LogP contribution is 2.28. The molecule has 1 atom stereocenters. The number of aromatic nitrogens is 2. The molecule has 4 rings (SSSR count). The molecule has 34 heavy (non-hydrogen) atoms. The van der Waals surface area contributed by atoms with Crippen molar-refractivity contribution in [2.24, 2.45) is 5.92 Å². The van der Waals surface area contributed by atoms with Gasteiger partial charge in [0.2, 0.25) is 0 Å². The van der Waals surface area contributed by atoms with Crippen LogP contribution in [0.15, 0.2) is 60.7 Å². The minimum Gasteiger partial charge on any atom is -0.494 e. The van der Waals surface area contributed by atoms with Crippen LogP contribution in [0.4, 0.5) is 5.82 Å². The molecule has 1 unspecified atom stereocenters. The van der Waals surface area contributed by atoms with Crippen molar-refractivity contribution in [3.05, 3.63) is 66.4 Å². The lowest BCUT2D eigenvalue weighted by molar-refractivity contribution is -0.144. The van der Waals surface area contributed by atoms with Crippen LogP contribution < -0.4 is 14.4 Å². The minimum atomic E-state index is -0.990. The molecule has 1 fully saturated rings. The zero-order chi connectivity index (χ0) is 23.9. The molecule has 2 aromatic carbocycles. The number of rotatable bonds is 9. The molecule has 2 heterocycles. The van der Waals surface area contributed by atoms with Crippen LogP contribution in [0.1, 0.15) is 31.9 Å². The van der Waals surface area contributed by atoms with Gasteiger partial charge in [-0.2, -0.15) is 5.10 Å². The van der Waals surface area contributed by atoms with E-state index in [0.29, 0.717) is 18.3 Å². The Labute approximate surface area is 200 Å². The molecule has 0 bridgehead atoms. The molecule has 3 aromatic rings. The number of hydrogen-bond donors (Lipinski definition) is 1. The Kier molecular flexibility index (Phi) is 7.62. The maximum atomic E-state index is 11.1. The van der Waals surface area contributed by atoms with E-state index in [0.717, 1.165) is 60.7 Å². The van der Waals surface area contributed by atoms with Crippen molar-refractivity contribution in [2.75, 3.05) is 24.6 Å². The third-order valence-corrected chi connectivity index (χ3v) is 6.18. The molecule has 7 nitrogen and oxygen atoms in total. The normalized spacial score (nSPS) is 15.1. The third-order valence-electron chi connectivity index (χ3n) is 6.18. The number of aryl methyl sites for hydroxylation is 1.